The lowest BCUT2D eigenvalue weighted by molar-refractivity contribution is -0.385. The monoisotopic (exact) mass is 586 g/mol. The van der Waals surface area contributed by atoms with Crippen molar-refractivity contribution in [3.63, 3.8) is 0 Å². The number of nitrogens with zero attached hydrogens (tertiary/aromatic N) is 4. The molecule has 3 aromatic rings. The first-order valence-corrected chi connectivity index (χ1v) is 13.5. The number of hydrogen-bond donors (Lipinski definition) is 0. The average Bonchev–Trinajstić information content (AvgIpc) is 3.24. The number of hydrogen-bond acceptors (Lipinski definition) is 9. The molecule has 3 aromatic carbocycles. The fraction of sp³-hybridized carbons (Fsp3) is 0.267. The minimum atomic E-state index is -0.824. The molecule has 13 nitrogen and oxygen atoms in total. The van der Waals surface area contributed by atoms with Crippen LogP contribution in [-0.4, -0.2) is 49.9 Å². The number of nitro benzene ring substituents is 2. The third-order valence-electron chi connectivity index (χ3n) is 7.72. The van der Waals surface area contributed by atoms with Gasteiger partial charge in [-0.2, -0.15) is 5.01 Å². The fourth-order valence-electron chi connectivity index (χ4n) is 5.43. The first-order chi connectivity index (χ1) is 20.5. The van der Waals surface area contributed by atoms with Crippen molar-refractivity contribution in [1.29, 1.82) is 0 Å². The molecule has 1 aliphatic carbocycles. The second kappa shape index (κ2) is 11.8. The Morgan fingerprint density at radius 1 is 0.791 bits per heavy atom. The van der Waals surface area contributed by atoms with E-state index < -0.39 is 51.7 Å². The smallest absolute Gasteiger partial charge is 0.273 e. The number of carbonyl (C=O) groups is 4. The fourth-order valence-corrected chi connectivity index (χ4v) is 5.43. The van der Waals surface area contributed by atoms with Crippen LogP contribution in [0.25, 0.3) is 0 Å². The van der Waals surface area contributed by atoms with Crippen LogP contribution in [0.2, 0.25) is 0 Å². The molecule has 5 rings (SSSR count). The summed E-state index contributed by atoms with van der Waals surface area (Å²) in [6.07, 6.45) is 1.75. The summed E-state index contributed by atoms with van der Waals surface area (Å²) in [5, 5.41) is 23.5. The Morgan fingerprint density at radius 2 is 1.28 bits per heavy atom. The second-order valence-corrected chi connectivity index (χ2v) is 10.6. The van der Waals surface area contributed by atoms with Crippen LogP contribution in [-0.2, 0) is 9.59 Å². The van der Waals surface area contributed by atoms with E-state index in [4.69, 9.17) is 4.74 Å². The van der Waals surface area contributed by atoms with Gasteiger partial charge in [-0.15, -0.1) is 0 Å². The van der Waals surface area contributed by atoms with Gasteiger partial charge in [-0.3, -0.25) is 39.4 Å². The van der Waals surface area contributed by atoms with Crippen LogP contribution in [0.1, 0.15) is 46.9 Å². The van der Waals surface area contributed by atoms with E-state index in [-0.39, 0.29) is 28.4 Å². The molecule has 0 N–H and O–H groups in total. The zero-order valence-corrected chi connectivity index (χ0v) is 23.0. The minimum absolute atomic E-state index is 0.0333. The van der Waals surface area contributed by atoms with Gasteiger partial charge in [0.05, 0.1) is 21.7 Å². The molecule has 3 amide bonds. The van der Waals surface area contributed by atoms with Crippen LogP contribution in [0.15, 0.2) is 72.8 Å². The van der Waals surface area contributed by atoms with Crippen LogP contribution >= 0.6 is 0 Å². The molecule has 3 atom stereocenters. The van der Waals surface area contributed by atoms with E-state index in [0.717, 1.165) is 28.6 Å². The maximum atomic E-state index is 13.7. The number of amides is 3. The van der Waals surface area contributed by atoms with Crippen molar-refractivity contribution in [3.8, 4) is 11.5 Å². The summed E-state index contributed by atoms with van der Waals surface area (Å²) in [5.41, 5.74) is -0.204. The molecule has 0 bridgehead atoms. The van der Waals surface area contributed by atoms with Crippen LogP contribution in [0.4, 0.5) is 11.4 Å². The van der Waals surface area contributed by atoms with E-state index in [2.05, 4.69) is 0 Å². The normalized spacial score (nSPS) is 19.5. The molecule has 220 valence electrons. The number of hydrazine groups is 1. The molecule has 0 unspecified atom stereocenters. The average molecular weight is 587 g/mol. The number of Topliss-reactive ketones (excluding diaryl/α,β-unsaturated/α-hetero) is 1. The molecule has 1 heterocycles. The van der Waals surface area contributed by atoms with Crippen LogP contribution in [0.5, 0.6) is 11.5 Å². The van der Waals surface area contributed by atoms with Gasteiger partial charge in [-0.05, 0) is 73.7 Å². The molecule has 0 aromatic heterocycles. The van der Waals surface area contributed by atoms with Crippen molar-refractivity contribution in [2.24, 2.45) is 17.8 Å². The van der Waals surface area contributed by atoms with Gasteiger partial charge < -0.3 is 4.74 Å². The summed E-state index contributed by atoms with van der Waals surface area (Å²) in [7, 11) is 0. The molecule has 2 fully saturated rings. The van der Waals surface area contributed by atoms with E-state index in [1.165, 1.54) is 60.7 Å². The highest BCUT2D eigenvalue weighted by molar-refractivity contribution is 6.09. The number of benzene rings is 3. The molecule has 0 radical (unpaired) electrons. The predicted octanol–water partition coefficient (Wildman–Crippen LogP) is 4.96. The van der Waals surface area contributed by atoms with Crippen molar-refractivity contribution in [2.45, 2.75) is 26.2 Å². The van der Waals surface area contributed by atoms with Gasteiger partial charge in [0.1, 0.15) is 18.0 Å². The number of ketones is 1. The molecule has 2 aliphatic rings. The number of nitro groups is 2. The third kappa shape index (κ3) is 5.96. The zero-order chi connectivity index (χ0) is 30.8. The van der Waals surface area contributed by atoms with Crippen molar-refractivity contribution in [1.82, 2.24) is 10.0 Å². The third-order valence-corrected chi connectivity index (χ3v) is 7.72. The van der Waals surface area contributed by atoms with Gasteiger partial charge >= 0.3 is 0 Å². The lowest BCUT2D eigenvalue weighted by Crippen LogP contribution is -2.52. The Balaban J connectivity index is 1.38. The molecule has 1 saturated carbocycles. The molecule has 0 spiro atoms. The van der Waals surface area contributed by atoms with Gasteiger partial charge in [-0.1, -0.05) is 6.92 Å². The number of imide groups is 1. The van der Waals surface area contributed by atoms with Gasteiger partial charge in [0, 0.05) is 35.4 Å². The molecular formula is C30H26N4O9. The van der Waals surface area contributed by atoms with Gasteiger partial charge in [-0.25, -0.2) is 5.01 Å². The maximum absolute atomic E-state index is 13.7. The summed E-state index contributed by atoms with van der Waals surface area (Å²) in [4.78, 5) is 74.7. The number of carbonyl (C=O) groups excluding carboxylic acids is 4. The first-order valence-electron chi connectivity index (χ1n) is 13.5. The first kappa shape index (κ1) is 29.0. The Labute approximate surface area is 244 Å². The van der Waals surface area contributed by atoms with Crippen LogP contribution < -0.4 is 4.74 Å². The molecule has 1 aliphatic heterocycles. The highest BCUT2D eigenvalue weighted by Gasteiger charge is 2.52. The van der Waals surface area contributed by atoms with Gasteiger partial charge in [0.2, 0.25) is 0 Å². The lowest BCUT2D eigenvalue weighted by atomic mass is 9.76. The quantitative estimate of drug-likeness (QED) is 0.145. The van der Waals surface area contributed by atoms with E-state index in [1.807, 2.05) is 6.92 Å². The molecule has 1 saturated heterocycles. The lowest BCUT2D eigenvalue weighted by Gasteiger charge is -2.30. The topological polar surface area (TPSA) is 170 Å². The molecular weight excluding hydrogens is 560 g/mol. The summed E-state index contributed by atoms with van der Waals surface area (Å²) in [6.45, 7) is 1.36. The number of non-ortho nitro benzene ring substituents is 2. The summed E-state index contributed by atoms with van der Waals surface area (Å²) >= 11 is 0. The standard InChI is InChI=1S/C30H26N4O9/c1-18-2-15-25-26(16-18)30(38)32(29(25)37)31(28(36)20-3-7-21(8-4-20)33(39)40)17-27(35)19-5-11-23(12-6-19)43-24-13-9-22(10-14-24)34(41)42/h3-14,18,25-26H,2,15-17H2,1H3/t18-,25-,26+/m1/s1. The van der Waals surface area contributed by atoms with E-state index in [1.54, 1.807) is 0 Å². The van der Waals surface area contributed by atoms with Crippen molar-refractivity contribution >= 4 is 34.9 Å². The Hall–Kier alpha value is -5.46. The predicted molar refractivity (Wildman–Crippen MR) is 150 cm³/mol. The van der Waals surface area contributed by atoms with E-state index in [9.17, 15) is 39.4 Å². The number of rotatable bonds is 9. The van der Waals surface area contributed by atoms with Gasteiger partial charge in [0.15, 0.2) is 5.78 Å². The maximum Gasteiger partial charge on any atom is 0.273 e. The van der Waals surface area contributed by atoms with Crippen LogP contribution in [0, 0.1) is 38.0 Å². The summed E-state index contributed by atoms with van der Waals surface area (Å²) in [6, 6.07) is 16.0. The summed E-state index contributed by atoms with van der Waals surface area (Å²) in [5.74, 6) is -2.75. The van der Waals surface area contributed by atoms with Crippen molar-refractivity contribution in [2.75, 3.05) is 6.54 Å². The zero-order valence-electron chi connectivity index (χ0n) is 23.0. The number of ether oxygens (including phenoxy) is 1. The molecule has 13 heteroatoms. The Kier molecular flexibility index (Phi) is 7.97. The van der Waals surface area contributed by atoms with Crippen molar-refractivity contribution in [3.05, 3.63) is 104 Å². The second-order valence-electron chi connectivity index (χ2n) is 10.6. The minimum Gasteiger partial charge on any atom is -0.457 e. The van der Waals surface area contributed by atoms with Crippen molar-refractivity contribution < 1.29 is 33.8 Å². The Bertz CT molecular complexity index is 1600. The Morgan fingerprint density at radius 3 is 1.84 bits per heavy atom. The summed E-state index contributed by atoms with van der Waals surface area (Å²) < 4.78 is 5.68. The van der Waals surface area contributed by atoms with Gasteiger partial charge in [0.25, 0.3) is 29.1 Å². The molecule has 43 heavy (non-hydrogen) atoms. The van der Waals surface area contributed by atoms with E-state index >= 15 is 0 Å². The highest BCUT2D eigenvalue weighted by atomic mass is 16.6. The van der Waals surface area contributed by atoms with Crippen LogP contribution in [0.3, 0.4) is 0 Å². The van der Waals surface area contributed by atoms with E-state index in [0.29, 0.717) is 24.3 Å². The number of fused-ring (bicyclic) bond motifs is 1. The SMILES string of the molecule is C[C@@H]1CC[C@H]2C(=O)N(N(CC(=O)c3ccc(Oc4ccc([N+](=O)[O-])cc4)cc3)C(=O)c3ccc([N+](=O)[O-])cc3)C(=O)[C@H]2C1. The highest BCUT2D eigenvalue weighted by Crippen LogP contribution is 2.41. The largest absolute Gasteiger partial charge is 0.457 e.